The molecule has 0 spiro atoms. The van der Waals surface area contributed by atoms with E-state index in [1.807, 2.05) is 0 Å². The lowest BCUT2D eigenvalue weighted by molar-refractivity contribution is -0.0496. The molecule has 0 saturated carbocycles. The van der Waals surface area contributed by atoms with Crippen LogP contribution in [0.5, 0.6) is 5.75 Å². The highest BCUT2D eigenvalue weighted by Crippen LogP contribution is 2.37. The Balaban J connectivity index is 1.74. The molecule has 0 radical (unpaired) electrons. The van der Waals surface area contributed by atoms with Crippen LogP contribution in [0.4, 0.5) is 18.0 Å². The van der Waals surface area contributed by atoms with Crippen LogP contribution in [0.25, 0.3) is 33.5 Å². The molecule has 1 aromatic carbocycles. The Labute approximate surface area is 215 Å². The first-order chi connectivity index (χ1) is 17.4. The second-order valence-electron chi connectivity index (χ2n) is 9.21. The van der Waals surface area contributed by atoms with Gasteiger partial charge in [-0.05, 0) is 56.7 Å². The first-order valence-corrected chi connectivity index (χ1v) is 11.5. The van der Waals surface area contributed by atoms with E-state index < -0.39 is 29.9 Å². The average Bonchev–Trinajstić information content (AvgIpc) is 3.21. The Hall–Kier alpha value is -3.86. The lowest BCUT2D eigenvalue weighted by Gasteiger charge is -2.25. The number of aromatic amines is 1. The number of benzene rings is 1. The molecule has 0 fully saturated rings. The van der Waals surface area contributed by atoms with E-state index in [0.717, 1.165) is 6.07 Å². The molecule has 3 heterocycles. The molecule has 194 valence electrons. The molecule has 0 saturated heterocycles. The summed E-state index contributed by atoms with van der Waals surface area (Å²) in [5.41, 5.74) is 0.748. The van der Waals surface area contributed by atoms with Gasteiger partial charge < -0.3 is 14.4 Å². The van der Waals surface area contributed by atoms with Gasteiger partial charge >= 0.3 is 12.7 Å². The lowest BCUT2D eigenvalue weighted by atomic mass is 10.0. The summed E-state index contributed by atoms with van der Waals surface area (Å²) in [6, 6.07) is 7.20. The van der Waals surface area contributed by atoms with Gasteiger partial charge in [-0.2, -0.15) is 13.9 Å². The second-order valence-corrected chi connectivity index (χ2v) is 9.65. The Morgan fingerprint density at radius 2 is 1.86 bits per heavy atom. The number of carbonyl (C=O) groups excluding carboxylic acids is 1. The SMILES string of the molecule is CN(Cc1cc(F)c(-c2cc3c(-c4ccc(Cl)cn4)n[nH]c3cn2)c(OC(F)F)c1)C(=O)OC(C)(C)C. The predicted octanol–water partition coefficient (Wildman–Crippen LogP) is 6.45. The van der Waals surface area contributed by atoms with E-state index in [4.69, 9.17) is 16.3 Å². The number of nitrogens with one attached hydrogen (secondary N) is 1. The van der Waals surface area contributed by atoms with Gasteiger partial charge in [0.05, 0.1) is 33.7 Å². The predicted molar refractivity (Wildman–Crippen MR) is 132 cm³/mol. The van der Waals surface area contributed by atoms with Gasteiger partial charge in [-0.1, -0.05) is 11.6 Å². The molecule has 8 nitrogen and oxygen atoms in total. The van der Waals surface area contributed by atoms with Crippen molar-refractivity contribution in [2.75, 3.05) is 7.05 Å². The van der Waals surface area contributed by atoms with E-state index in [9.17, 15) is 13.6 Å². The number of fused-ring (bicyclic) bond motifs is 1. The number of alkyl halides is 2. The fourth-order valence-corrected chi connectivity index (χ4v) is 3.72. The normalized spacial score (nSPS) is 11.7. The van der Waals surface area contributed by atoms with E-state index in [1.54, 1.807) is 32.9 Å². The first-order valence-electron chi connectivity index (χ1n) is 11.1. The number of ether oxygens (including phenoxy) is 2. The van der Waals surface area contributed by atoms with Gasteiger partial charge in [-0.25, -0.2) is 9.18 Å². The summed E-state index contributed by atoms with van der Waals surface area (Å²) in [6.45, 7) is 1.80. The number of hydrogen-bond donors (Lipinski definition) is 1. The summed E-state index contributed by atoms with van der Waals surface area (Å²) in [7, 11) is 1.45. The van der Waals surface area contributed by atoms with Crippen molar-refractivity contribution >= 4 is 28.6 Å². The van der Waals surface area contributed by atoms with Crippen molar-refractivity contribution in [2.24, 2.45) is 0 Å². The van der Waals surface area contributed by atoms with Gasteiger partial charge in [-0.3, -0.25) is 15.1 Å². The quantitative estimate of drug-likeness (QED) is 0.306. The topological polar surface area (TPSA) is 93.2 Å². The number of aromatic nitrogens is 4. The minimum Gasteiger partial charge on any atom is -0.444 e. The molecule has 3 aromatic heterocycles. The number of pyridine rings is 2. The molecule has 0 aliphatic carbocycles. The number of hydrogen-bond acceptors (Lipinski definition) is 6. The molecule has 37 heavy (non-hydrogen) atoms. The van der Waals surface area contributed by atoms with Crippen LogP contribution in [0.3, 0.4) is 0 Å². The third-order valence-electron chi connectivity index (χ3n) is 5.13. The van der Waals surface area contributed by atoms with Gasteiger partial charge in [-0.15, -0.1) is 0 Å². The lowest BCUT2D eigenvalue weighted by Crippen LogP contribution is -2.33. The molecule has 0 aliphatic heterocycles. The zero-order valence-electron chi connectivity index (χ0n) is 20.4. The van der Waals surface area contributed by atoms with Gasteiger partial charge in [0.1, 0.15) is 22.9 Å². The summed E-state index contributed by atoms with van der Waals surface area (Å²) < 4.78 is 52.0. The van der Waals surface area contributed by atoms with Crippen molar-refractivity contribution in [3.63, 3.8) is 0 Å². The summed E-state index contributed by atoms with van der Waals surface area (Å²) in [5, 5.41) is 8.05. The van der Waals surface area contributed by atoms with Crippen LogP contribution in [0, 0.1) is 5.82 Å². The van der Waals surface area contributed by atoms with Gasteiger partial charge in [0.2, 0.25) is 0 Å². The smallest absolute Gasteiger partial charge is 0.410 e. The summed E-state index contributed by atoms with van der Waals surface area (Å²) in [6.07, 6.45) is 2.22. The molecule has 12 heteroatoms. The standard InChI is InChI=1S/C25H23ClF3N5O3/c1-25(2,3)37-24(35)34(4)12-13-7-16(27)21(20(8-13)36-23(28)29)18-9-15-19(11-31-18)32-33-22(15)17-6-5-14(26)10-30-17/h5-11,23H,12H2,1-4H3,(H,32,33). The van der Waals surface area contributed by atoms with E-state index in [2.05, 4.69) is 24.9 Å². The molecular weight excluding hydrogens is 511 g/mol. The zero-order chi connectivity index (χ0) is 26.9. The maximum atomic E-state index is 15.4. The van der Waals surface area contributed by atoms with Crippen LogP contribution in [0.1, 0.15) is 26.3 Å². The van der Waals surface area contributed by atoms with E-state index >= 15 is 4.39 Å². The zero-order valence-corrected chi connectivity index (χ0v) is 21.1. The summed E-state index contributed by atoms with van der Waals surface area (Å²) >= 11 is 5.92. The Kier molecular flexibility index (Phi) is 7.26. The minimum absolute atomic E-state index is 0.0457. The van der Waals surface area contributed by atoms with Crippen molar-refractivity contribution in [2.45, 2.75) is 39.5 Å². The highest BCUT2D eigenvalue weighted by molar-refractivity contribution is 6.30. The molecule has 1 amide bonds. The van der Waals surface area contributed by atoms with E-state index in [0.29, 0.717) is 27.3 Å². The molecule has 0 aliphatic rings. The maximum absolute atomic E-state index is 15.4. The first kappa shape index (κ1) is 26.2. The molecular formula is C25H23ClF3N5O3. The van der Waals surface area contributed by atoms with Crippen molar-refractivity contribution in [1.82, 2.24) is 25.1 Å². The highest BCUT2D eigenvalue weighted by atomic mass is 35.5. The highest BCUT2D eigenvalue weighted by Gasteiger charge is 2.23. The molecule has 4 aromatic rings. The number of rotatable bonds is 6. The monoisotopic (exact) mass is 533 g/mol. The molecule has 1 N–H and O–H groups in total. The van der Waals surface area contributed by atoms with Crippen molar-refractivity contribution in [3.8, 4) is 28.4 Å². The third kappa shape index (κ3) is 6.11. The third-order valence-corrected chi connectivity index (χ3v) is 5.35. The van der Waals surface area contributed by atoms with Gasteiger partial charge in [0.25, 0.3) is 0 Å². The Morgan fingerprint density at radius 3 is 2.51 bits per heavy atom. The van der Waals surface area contributed by atoms with Gasteiger partial charge in [0, 0.05) is 25.2 Å². The van der Waals surface area contributed by atoms with Crippen LogP contribution in [0.15, 0.2) is 42.7 Å². The number of amides is 1. The summed E-state index contributed by atoms with van der Waals surface area (Å²) in [5.74, 6) is -1.28. The van der Waals surface area contributed by atoms with Crippen LogP contribution >= 0.6 is 11.6 Å². The van der Waals surface area contributed by atoms with E-state index in [-0.39, 0.29) is 23.4 Å². The van der Waals surface area contributed by atoms with Crippen molar-refractivity contribution < 1.29 is 27.4 Å². The van der Waals surface area contributed by atoms with Crippen molar-refractivity contribution in [1.29, 1.82) is 0 Å². The van der Waals surface area contributed by atoms with Crippen LogP contribution < -0.4 is 4.74 Å². The summed E-state index contributed by atoms with van der Waals surface area (Å²) in [4.78, 5) is 22.0. The fraction of sp³-hybridized carbons (Fsp3) is 0.280. The van der Waals surface area contributed by atoms with Crippen molar-refractivity contribution in [3.05, 3.63) is 59.1 Å². The molecule has 0 atom stereocenters. The largest absolute Gasteiger partial charge is 0.444 e. The van der Waals surface area contributed by atoms with Gasteiger partial charge in [0.15, 0.2) is 0 Å². The van der Waals surface area contributed by atoms with Crippen LogP contribution in [0.2, 0.25) is 5.02 Å². The van der Waals surface area contributed by atoms with Crippen LogP contribution in [-0.2, 0) is 11.3 Å². The number of halogens is 4. The number of H-pyrrole nitrogens is 1. The second kappa shape index (κ2) is 10.3. The maximum Gasteiger partial charge on any atom is 0.410 e. The molecule has 4 rings (SSSR count). The van der Waals surface area contributed by atoms with E-state index in [1.165, 1.54) is 36.5 Å². The Bertz CT molecular complexity index is 1440. The fourth-order valence-electron chi connectivity index (χ4n) is 3.61. The molecule has 0 bridgehead atoms. The number of nitrogens with zero attached hydrogens (tertiary/aromatic N) is 4. The molecule has 0 unspecified atom stereocenters. The average molecular weight is 534 g/mol. The minimum atomic E-state index is -3.22. The van der Waals surface area contributed by atoms with Crippen LogP contribution in [-0.4, -0.2) is 50.4 Å². The number of carbonyl (C=O) groups is 1. The Morgan fingerprint density at radius 1 is 1.14 bits per heavy atom.